The standard InChI is InChI=1S/C10H8N2O2S/c11-6-7-3-4-14-10(7)12-9(13)8-2-1-5-15-8/h1-2,5H,3-4H2,(H,12,13). The zero-order chi connectivity index (χ0) is 10.7. The van der Waals surface area contributed by atoms with Crippen molar-refractivity contribution in [1.82, 2.24) is 5.32 Å². The van der Waals surface area contributed by atoms with E-state index in [-0.39, 0.29) is 5.91 Å². The largest absolute Gasteiger partial charge is 0.478 e. The third kappa shape index (κ3) is 2.00. The molecule has 0 saturated carbocycles. The van der Waals surface area contributed by atoms with E-state index in [0.717, 1.165) is 0 Å². The zero-order valence-corrected chi connectivity index (χ0v) is 8.63. The fraction of sp³-hybridized carbons (Fsp3) is 0.200. The van der Waals surface area contributed by atoms with Gasteiger partial charge in [0.1, 0.15) is 6.07 Å². The van der Waals surface area contributed by atoms with Crippen LogP contribution in [-0.2, 0) is 4.74 Å². The Bertz CT molecular complexity index is 442. The summed E-state index contributed by atoms with van der Waals surface area (Å²) in [4.78, 5) is 12.2. The number of hydrogen-bond acceptors (Lipinski definition) is 4. The second-order valence-electron chi connectivity index (χ2n) is 2.95. The van der Waals surface area contributed by atoms with Crippen LogP contribution >= 0.6 is 11.3 Å². The Hall–Kier alpha value is -1.80. The van der Waals surface area contributed by atoms with E-state index in [1.807, 2.05) is 11.4 Å². The zero-order valence-electron chi connectivity index (χ0n) is 7.82. The maximum absolute atomic E-state index is 11.6. The number of carbonyl (C=O) groups excluding carboxylic acids is 1. The van der Waals surface area contributed by atoms with E-state index in [4.69, 9.17) is 10.00 Å². The number of ether oxygens (including phenoxy) is 1. The number of nitrogens with zero attached hydrogens (tertiary/aromatic N) is 1. The minimum absolute atomic E-state index is 0.227. The summed E-state index contributed by atoms with van der Waals surface area (Å²) in [6, 6.07) is 5.53. The van der Waals surface area contributed by atoms with Gasteiger partial charge in [-0.1, -0.05) is 6.07 Å². The molecule has 76 valence electrons. The normalized spacial score (nSPS) is 14.6. The first-order chi connectivity index (χ1) is 7.31. The van der Waals surface area contributed by atoms with Crippen LogP contribution in [0, 0.1) is 11.3 Å². The van der Waals surface area contributed by atoms with Crippen LogP contribution in [0.2, 0.25) is 0 Å². The lowest BCUT2D eigenvalue weighted by molar-refractivity contribution is 0.0934. The summed E-state index contributed by atoms with van der Waals surface area (Å²) in [6.45, 7) is 0.461. The van der Waals surface area contributed by atoms with E-state index >= 15 is 0 Å². The van der Waals surface area contributed by atoms with Gasteiger partial charge in [0, 0.05) is 6.42 Å². The van der Waals surface area contributed by atoms with Crippen molar-refractivity contribution in [2.24, 2.45) is 0 Å². The van der Waals surface area contributed by atoms with Gasteiger partial charge in [-0.2, -0.15) is 5.26 Å². The van der Waals surface area contributed by atoms with Gasteiger partial charge in [0.05, 0.1) is 17.1 Å². The third-order valence-electron chi connectivity index (χ3n) is 1.98. The van der Waals surface area contributed by atoms with Crippen LogP contribution in [0.3, 0.4) is 0 Å². The van der Waals surface area contributed by atoms with Crippen molar-refractivity contribution in [3.63, 3.8) is 0 Å². The molecule has 1 N–H and O–H groups in total. The van der Waals surface area contributed by atoms with Gasteiger partial charge in [0.15, 0.2) is 0 Å². The molecule has 0 spiro atoms. The van der Waals surface area contributed by atoms with Crippen LogP contribution in [0.4, 0.5) is 0 Å². The van der Waals surface area contributed by atoms with Crippen molar-refractivity contribution in [2.45, 2.75) is 6.42 Å². The number of carbonyl (C=O) groups is 1. The molecule has 0 aliphatic carbocycles. The highest BCUT2D eigenvalue weighted by Crippen LogP contribution is 2.17. The van der Waals surface area contributed by atoms with Crippen LogP contribution in [0.15, 0.2) is 29.0 Å². The molecule has 1 aliphatic rings. The van der Waals surface area contributed by atoms with Crippen LogP contribution in [0.25, 0.3) is 0 Å². The summed E-state index contributed by atoms with van der Waals surface area (Å²) in [6.07, 6.45) is 0.566. The highest BCUT2D eigenvalue weighted by molar-refractivity contribution is 7.12. The summed E-state index contributed by atoms with van der Waals surface area (Å²) >= 11 is 1.35. The number of nitrogens with one attached hydrogen (secondary N) is 1. The SMILES string of the molecule is N#CC1=C(NC(=O)c2cccs2)OCC1. The molecule has 1 amide bonds. The fourth-order valence-corrected chi connectivity index (χ4v) is 1.87. The van der Waals surface area contributed by atoms with Crippen molar-refractivity contribution >= 4 is 17.2 Å². The molecule has 0 aromatic carbocycles. The maximum Gasteiger partial charge on any atom is 0.268 e. The van der Waals surface area contributed by atoms with Gasteiger partial charge in [0.2, 0.25) is 5.88 Å². The fourth-order valence-electron chi connectivity index (χ4n) is 1.25. The molecule has 1 aliphatic heterocycles. The molecule has 15 heavy (non-hydrogen) atoms. The lowest BCUT2D eigenvalue weighted by Gasteiger charge is -2.04. The molecule has 2 rings (SSSR count). The Morgan fingerprint density at radius 3 is 3.20 bits per heavy atom. The first kappa shape index (κ1) is 9.74. The number of thiophene rings is 1. The van der Waals surface area contributed by atoms with E-state index in [2.05, 4.69) is 5.32 Å². The second-order valence-corrected chi connectivity index (χ2v) is 3.90. The molecule has 2 heterocycles. The van der Waals surface area contributed by atoms with E-state index < -0.39 is 0 Å². The first-order valence-corrected chi connectivity index (χ1v) is 5.30. The summed E-state index contributed by atoms with van der Waals surface area (Å²) in [7, 11) is 0. The molecule has 0 fully saturated rings. The Labute approximate surface area is 90.8 Å². The second kappa shape index (κ2) is 4.15. The predicted octanol–water partition coefficient (Wildman–Crippen LogP) is 1.63. The molecule has 0 atom stereocenters. The van der Waals surface area contributed by atoms with Crippen LogP contribution < -0.4 is 5.32 Å². The van der Waals surface area contributed by atoms with E-state index in [1.54, 1.807) is 12.1 Å². The van der Waals surface area contributed by atoms with E-state index in [1.165, 1.54) is 11.3 Å². The highest BCUT2D eigenvalue weighted by Gasteiger charge is 2.18. The molecule has 0 bridgehead atoms. The van der Waals surface area contributed by atoms with Crippen molar-refractivity contribution in [3.05, 3.63) is 33.8 Å². The van der Waals surface area contributed by atoms with Gasteiger partial charge in [-0.15, -0.1) is 11.3 Å². The summed E-state index contributed by atoms with van der Waals surface area (Å²) in [5.41, 5.74) is 0.500. The Kier molecular flexibility index (Phi) is 2.70. The number of amides is 1. The topological polar surface area (TPSA) is 62.1 Å². The molecule has 0 saturated heterocycles. The van der Waals surface area contributed by atoms with Crippen molar-refractivity contribution in [3.8, 4) is 6.07 Å². The van der Waals surface area contributed by atoms with Crippen molar-refractivity contribution in [2.75, 3.05) is 6.61 Å². The van der Waals surface area contributed by atoms with Gasteiger partial charge in [0.25, 0.3) is 5.91 Å². The molecular formula is C10H8N2O2S. The van der Waals surface area contributed by atoms with Crippen molar-refractivity contribution < 1.29 is 9.53 Å². The Morgan fingerprint density at radius 1 is 1.67 bits per heavy atom. The van der Waals surface area contributed by atoms with Crippen LogP contribution in [0.1, 0.15) is 16.1 Å². The average molecular weight is 220 g/mol. The van der Waals surface area contributed by atoms with Gasteiger partial charge in [-0.05, 0) is 11.4 Å². The lowest BCUT2D eigenvalue weighted by Crippen LogP contribution is -2.22. The van der Waals surface area contributed by atoms with Gasteiger partial charge >= 0.3 is 0 Å². The van der Waals surface area contributed by atoms with Gasteiger partial charge in [-0.25, -0.2) is 0 Å². The highest BCUT2D eigenvalue weighted by atomic mass is 32.1. The monoisotopic (exact) mass is 220 g/mol. The average Bonchev–Trinajstić information content (AvgIpc) is 2.87. The third-order valence-corrected chi connectivity index (χ3v) is 2.85. The van der Waals surface area contributed by atoms with Crippen LogP contribution in [-0.4, -0.2) is 12.5 Å². The predicted molar refractivity (Wildman–Crippen MR) is 55.0 cm³/mol. The maximum atomic E-state index is 11.6. The molecule has 0 radical (unpaired) electrons. The first-order valence-electron chi connectivity index (χ1n) is 4.42. The minimum Gasteiger partial charge on any atom is -0.478 e. The smallest absolute Gasteiger partial charge is 0.268 e. The van der Waals surface area contributed by atoms with Gasteiger partial charge in [-0.3, -0.25) is 10.1 Å². The van der Waals surface area contributed by atoms with Crippen LogP contribution in [0.5, 0.6) is 0 Å². The number of rotatable bonds is 2. The van der Waals surface area contributed by atoms with Gasteiger partial charge < -0.3 is 4.74 Å². The molecule has 4 nitrogen and oxygen atoms in total. The molecule has 1 aromatic rings. The molecule has 5 heteroatoms. The Morgan fingerprint density at radius 2 is 2.53 bits per heavy atom. The summed E-state index contributed by atoms with van der Waals surface area (Å²) in [5.74, 6) is 0.0746. The van der Waals surface area contributed by atoms with Crippen molar-refractivity contribution in [1.29, 1.82) is 5.26 Å². The quantitative estimate of drug-likeness (QED) is 0.824. The van der Waals surface area contributed by atoms with E-state index in [9.17, 15) is 4.79 Å². The molecule has 1 aromatic heterocycles. The Balaban J connectivity index is 2.10. The number of nitriles is 1. The molecular weight excluding hydrogens is 212 g/mol. The lowest BCUT2D eigenvalue weighted by atomic mass is 10.2. The van der Waals surface area contributed by atoms with E-state index in [0.29, 0.717) is 29.4 Å². The summed E-state index contributed by atoms with van der Waals surface area (Å²) < 4.78 is 5.15. The minimum atomic E-state index is -0.227. The summed E-state index contributed by atoms with van der Waals surface area (Å²) in [5, 5.41) is 13.2. The number of hydrogen-bond donors (Lipinski definition) is 1. The molecule has 0 unspecified atom stereocenters.